The maximum absolute atomic E-state index is 3.80. The van der Waals surface area contributed by atoms with Gasteiger partial charge in [0, 0.05) is 31.2 Å². The molecule has 3 unspecified atom stereocenters. The summed E-state index contributed by atoms with van der Waals surface area (Å²) in [7, 11) is 0. The minimum absolute atomic E-state index is 0.380. The molecule has 0 spiro atoms. The van der Waals surface area contributed by atoms with Crippen LogP contribution in [0.4, 0.5) is 0 Å². The van der Waals surface area contributed by atoms with Crippen LogP contribution in [0.1, 0.15) is 53.9 Å². The van der Waals surface area contributed by atoms with Gasteiger partial charge >= 0.3 is 0 Å². The summed E-state index contributed by atoms with van der Waals surface area (Å²) in [4.78, 5) is 2.78. The minimum Gasteiger partial charge on any atom is -0.311 e. The van der Waals surface area contributed by atoms with E-state index in [0.717, 1.165) is 18.0 Å². The highest BCUT2D eigenvalue weighted by molar-refractivity contribution is 4.98. The first-order chi connectivity index (χ1) is 7.93. The van der Waals surface area contributed by atoms with E-state index in [1.54, 1.807) is 0 Å². The number of rotatable bonds is 3. The number of nitrogens with zero attached hydrogens (tertiary/aromatic N) is 1. The van der Waals surface area contributed by atoms with E-state index >= 15 is 0 Å². The second-order valence-electron chi connectivity index (χ2n) is 7.19. The van der Waals surface area contributed by atoms with Crippen molar-refractivity contribution in [1.82, 2.24) is 10.2 Å². The zero-order chi connectivity index (χ0) is 12.6. The highest BCUT2D eigenvalue weighted by atomic mass is 15.3. The van der Waals surface area contributed by atoms with Crippen LogP contribution in [-0.2, 0) is 0 Å². The molecule has 17 heavy (non-hydrogen) atoms. The summed E-state index contributed by atoms with van der Waals surface area (Å²) in [6.45, 7) is 14.3. The van der Waals surface area contributed by atoms with Gasteiger partial charge in [0.05, 0.1) is 0 Å². The zero-order valence-electron chi connectivity index (χ0n) is 12.3. The molecule has 0 radical (unpaired) electrons. The lowest BCUT2D eigenvalue weighted by molar-refractivity contribution is 0.0210. The van der Waals surface area contributed by atoms with Crippen molar-refractivity contribution in [2.45, 2.75) is 72.0 Å². The van der Waals surface area contributed by atoms with Gasteiger partial charge in [0.2, 0.25) is 0 Å². The summed E-state index contributed by atoms with van der Waals surface area (Å²) in [5.41, 5.74) is 0.380. The summed E-state index contributed by atoms with van der Waals surface area (Å²) < 4.78 is 0. The first-order valence-corrected chi connectivity index (χ1v) is 7.42. The Morgan fingerprint density at radius 3 is 2.41 bits per heavy atom. The van der Waals surface area contributed by atoms with Gasteiger partial charge in [-0.3, -0.25) is 4.90 Å². The molecule has 2 nitrogen and oxygen atoms in total. The van der Waals surface area contributed by atoms with E-state index in [4.69, 9.17) is 0 Å². The van der Waals surface area contributed by atoms with Crippen LogP contribution in [0.3, 0.4) is 0 Å². The van der Waals surface area contributed by atoms with Gasteiger partial charge in [-0.2, -0.15) is 0 Å². The Morgan fingerprint density at radius 2 is 1.94 bits per heavy atom. The van der Waals surface area contributed by atoms with Gasteiger partial charge in [-0.05, 0) is 37.5 Å². The molecule has 3 atom stereocenters. The van der Waals surface area contributed by atoms with Crippen LogP contribution in [0.5, 0.6) is 0 Å². The third kappa shape index (κ3) is 3.03. The molecule has 1 aliphatic carbocycles. The first-order valence-electron chi connectivity index (χ1n) is 7.42. The molecule has 1 saturated carbocycles. The largest absolute Gasteiger partial charge is 0.311 e. The van der Waals surface area contributed by atoms with E-state index in [1.165, 1.54) is 32.4 Å². The Hall–Kier alpha value is -0.0800. The van der Waals surface area contributed by atoms with Crippen molar-refractivity contribution in [3.63, 3.8) is 0 Å². The maximum atomic E-state index is 3.80. The number of hydrogen-bond acceptors (Lipinski definition) is 2. The summed E-state index contributed by atoms with van der Waals surface area (Å²) in [5.74, 6) is 0.975. The standard InChI is InChI=1S/C15H30N2/c1-6-11(2)17-10-13(12-7-8-12)16-9-14(17)15(3,4)5/h11-14,16H,6-10H2,1-5H3. The van der Waals surface area contributed by atoms with E-state index < -0.39 is 0 Å². The number of piperazine rings is 1. The molecule has 2 fully saturated rings. The van der Waals surface area contributed by atoms with Crippen molar-refractivity contribution in [1.29, 1.82) is 0 Å². The summed E-state index contributed by atoms with van der Waals surface area (Å²) in [6, 6.07) is 2.18. The second-order valence-corrected chi connectivity index (χ2v) is 7.19. The van der Waals surface area contributed by atoms with E-state index in [-0.39, 0.29) is 0 Å². The summed E-state index contributed by atoms with van der Waals surface area (Å²) >= 11 is 0. The molecule has 1 N–H and O–H groups in total. The molecule has 0 bridgehead atoms. The fourth-order valence-electron chi connectivity index (χ4n) is 3.14. The molecule has 2 aliphatic rings. The van der Waals surface area contributed by atoms with Crippen LogP contribution < -0.4 is 5.32 Å². The van der Waals surface area contributed by atoms with Gasteiger partial charge in [-0.15, -0.1) is 0 Å². The van der Waals surface area contributed by atoms with Crippen molar-refractivity contribution in [2.75, 3.05) is 13.1 Å². The van der Waals surface area contributed by atoms with Crippen molar-refractivity contribution >= 4 is 0 Å². The third-order valence-electron chi connectivity index (χ3n) is 4.73. The van der Waals surface area contributed by atoms with Crippen molar-refractivity contribution in [3.05, 3.63) is 0 Å². The normalized spacial score (nSPS) is 33.7. The van der Waals surface area contributed by atoms with Gasteiger partial charge in [-0.1, -0.05) is 27.7 Å². The van der Waals surface area contributed by atoms with Crippen LogP contribution in [0.2, 0.25) is 0 Å². The van der Waals surface area contributed by atoms with Crippen LogP contribution in [0.15, 0.2) is 0 Å². The molecule has 0 amide bonds. The van der Waals surface area contributed by atoms with E-state index in [0.29, 0.717) is 11.5 Å². The van der Waals surface area contributed by atoms with Crippen molar-refractivity contribution in [3.8, 4) is 0 Å². The Labute approximate surface area is 107 Å². The van der Waals surface area contributed by atoms with Gasteiger partial charge in [-0.25, -0.2) is 0 Å². The molecule has 1 aliphatic heterocycles. The molecular formula is C15H30N2. The van der Waals surface area contributed by atoms with E-state index in [9.17, 15) is 0 Å². The van der Waals surface area contributed by atoms with Crippen LogP contribution in [0, 0.1) is 11.3 Å². The highest BCUT2D eigenvalue weighted by Gasteiger charge is 2.41. The second kappa shape index (κ2) is 4.89. The fourth-order valence-corrected chi connectivity index (χ4v) is 3.14. The highest BCUT2D eigenvalue weighted by Crippen LogP contribution is 2.37. The molecule has 1 heterocycles. The van der Waals surface area contributed by atoms with Gasteiger partial charge in [0.25, 0.3) is 0 Å². The van der Waals surface area contributed by atoms with Crippen molar-refractivity contribution in [2.24, 2.45) is 11.3 Å². The fraction of sp³-hybridized carbons (Fsp3) is 1.00. The Kier molecular flexibility index (Phi) is 3.84. The van der Waals surface area contributed by atoms with Gasteiger partial charge in [0.1, 0.15) is 0 Å². The quantitative estimate of drug-likeness (QED) is 0.813. The molecule has 1 saturated heterocycles. The lowest BCUT2D eigenvalue weighted by Crippen LogP contribution is -2.63. The Balaban J connectivity index is 2.06. The number of hydrogen-bond donors (Lipinski definition) is 1. The lowest BCUT2D eigenvalue weighted by atomic mass is 9.82. The van der Waals surface area contributed by atoms with E-state index in [2.05, 4.69) is 44.8 Å². The molecule has 2 heteroatoms. The van der Waals surface area contributed by atoms with Gasteiger partial charge < -0.3 is 5.32 Å². The SMILES string of the molecule is CCC(C)N1CC(C2CC2)NCC1C(C)(C)C. The lowest BCUT2D eigenvalue weighted by Gasteiger charge is -2.49. The predicted molar refractivity (Wildman–Crippen MR) is 74.2 cm³/mol. The van der Waals surface area contributed by atoms with E-state index in [1.807, 2.05) is 0 Å². The minimum atomic E-state index is 0.380. The molecular weight excluding hydrogens is 208 g/mol. The number of nitrogens with one attached hydrogen (secondary N) is 1. The first kappa shape index (κ1) is 13.4. The molecule has 0 aromatic heterocycles. The van der Waals surface area contributed by atoms with Crippen LogP contribution in [0.25, 0.3) is 0 Å². The Morgan fingerprint density at radius 1 is 1.29 bits per heavy atom. The van der Waals surface area contributed by atoms with Crippen molar-refractivity contribution < 1.29 is 0 Å². The van der Waals surface area contributed by atoms with Gasteiger partial charge in [0.15, 0.2) is 0 Å². The average molecular weight is 238 g/mol. The summed E-state index contributed by atoms with van der Waals surface area (Å²) in [5, 5.41) is 3.80. The maximum Gasteiger partial charge on any atom is 0.0272 e. The third-order valence-corrected chi connectivity index (χ3v) is 4.73. The zero-order valence-corrected chi connectivity index (χ0v) is 12.3. The molecule has 0 aromatic rings. The molecule has 100 valence electrons. The van der Waals surface area contributed by atoms with Crippen LogP contribution >= 0.6 is 0 Å². The van der Waals surface area contributed by atoms with Crippen LogP contribution in [-0.4, -0.2) is 36.1 Å². The molecule has 0 aromatic carbocycles. The summed E-state index contributed by atoms with van der Waals surface area (Å²) in [6.07, 6.45) is 4.17. The monoisotopic (exact) mass is 238 g/mol. The average Bonchev–Trinajstić information content (AvgIpc) is 3.09. The topological polar surface area (TPSA) is 15.3 Å². The molecule has 2 rings (SSSR count). The smallest absolute Gasteiger partial charge is 0.0272 e. The Bertz CT molecular complexity index is 252. The predicted octanol–water partition coefficient (Wildman–Crippen LogP) is 2.88.